The fourth-order valence-electron chi connectivity index (χ4n) is 4.46. The first-order valence-electron chi connectivity index (χ1n) is 11.7. The zero-order valence-corrected chi connectivity index (χ0v) is 20.4. The van der Waals surface area contributed by atoms with Crippen LogP contribution in [0.25, 0.3) is 60.4 Å². The Kier molecular flexibility index (Phi) is 5.44. The first kappa shape index (κ1) is 21.4. The quantitative estimate of drug-likeness (QED) is 0.259. The Morgan fingerprint density at radius 1 is 0.657 bits per heavy atom. The van der Waals surface area contributed by atoms with Crippen molar-refractivity contribution < 1.29 is 0 Å². The van der Waals surface area contributed by atoms with Gasteiger partial charge in [0.15, 0.2) is 17.5 Å². The van der Waals surface area contributed by atoms with Crippen LogP contribution in [0.4, 0.5) is 0 Å². The summed E-state index contributed by atoms with van der Waals surface area (Å²) in [5.41, 5.74) is 4.52. The van der Waals surface area contributed by atoms with Gasteiger partial charge in [-0.25, -0.2) is 15.0 Å². The van der Waals surface area contributed by atoms with Gasteiger partial charge in [0, 0.05) is 15.8 Å². The highest BCUT2D eigenvalue weighted by Gasteiger charge is 2.15. The molecule has 0 saturated carbocycles. The highest BCUT2D eigenvalue weighted by atomic mass is 32.1. The molecule has 4 heteroatoms. The van der Waals surface area contributed by atoms with Crippen molar-refractivity contribution in [2.24, 2.45) is 0 Å². The summed E-state index contributed by atoms with van der Waals surface area (Å²) in [6.45, 7) is 4.25. The maximum absolute atomic E-state index is 4.91. The van der Waals surface area contributed by atoms with Crippen molar-refractivity contribution in [3.8, 4) is 33.5 Å². The molecule has 0 spiro atoms. The zero-order chi connectivity index (χ0) is 23.8. The van der Waals surface area contributed by atoms with E-state index in [1.807, 2.05) is 60.7 Å². The molecule has 2 aromatic heterocycles. The number of thiophene rings is 1. The van der Waals surface area contributed by atoms with Gasteiger partial charge in [0.1, 0.15) is 0 Å². The van der Waals surface area contributed by atoms with E-state index >= 15 is 0 Å². The second kappa shape index (κ2) is 8.90. The second-order valence-corrected chi connectivity index (χ2v) is 9.56. The average molecular weight is 470 g/mol. The van der Waals surface area contributed by atoms with Crippen molar-refractivity contribution in [3.63, 3.8) is 0 Å². The van der Waals surface area contributed by atoms with Crippen LogP contribution in [0, 0.1) is 6.92 Å². The van der Waals surface area contributed by atoms with E-state index in [-0.39, 0.29) is 0 Å². The van der Waals surface area contributed by atoms with Gasteiger partial charge in [0.05, 0.1) is 4.88 Å². The summed E-state index contributed by atoms with van der Waals surface area (Å²) in [7, 11) is 0. The Labute approximate surface area is 208 Å². The summed E-state index contributed by atoms with van der Waals surface area (Å²) >= 11 is 1.74. The number of aromatic nitrogens is 3. The van der Waals surface area contributed by atoms with E-state index in [0.717, 1.165) is 16.0 Å². The maximum Gasteiger partial charge on any atom is 0.174 e. The van der Waals surface area contributed by atoms with Crippen LogP contribution < -0.4 is 0 Å². The van der Waals surface area contributed by atoms with Crippen molar-refractivity contribution >= 4 is 38.3 Å². The van der Waals surface area contributed by atoms with E-state index in [1.165, 1.54) is 32.0 Å². The fraction of sp³-hybridized carbons (Fsp3) is 0.0645. The van der Waals surface area contributed by atoms with Crippen LogP contribution in [0.2, 0.25) is 0 Å². The zero-order valence-electron chi connectivity index (χ0n) is 19.6. The smallest absolute Gasteiger partial charge is 0.174 e. The van der Waals surface area contributed by atoms with Crippen LogP contribution in [0.15, 0.2) is 97.1 Å². The number of hydrogen-bond acceptors (Lipinski definition) is 4. The number of fused-ring (bicyclic) bond motifs is 3. The van der Waals surface area contributed by atoms with Crippen LogP contribution >= 0.6 is 11.3 Å². The number of allylic oxidation sites excluding steroid dienone is 1. The van der Waals surface area contributed by atoms with Crippen LogP contribution in [0.5, 0.6) is 0 Å². The van der Waals surface area contributed by atoms with Crippen LogP contribution in [-0.2, 0) is 0 Å². The van der Waals surface area contributed by atoms with Crippen molar-refractivity contribution in [3.05, 3.63) is 108 Å². The first-order valence-corrected chi connectivity index (χ1v) is 12.5. The molecule has 0 aliphatic heterocycles. The minimum atomic E-state index is 0.684. The number of rotatable bonds is 4. The van der Waals surface area contributed by atoms with E-state index in [2.05, 4.69) is 56.3 Å². The molecule has 168 valence electrons. The molecule has 4 aromatic carbocycles. The molecule has 0 amide bonds. The summed E-state index contributed by atoms with van der Waals surface area (Å²) in [5.74, 6) is 2.07. The number of aryl methyl sites for hydroxylation is 1. The molecule has 0 radical (unpaired) electrons. The third-order valence-electron chi connectivity index (χ3n) is 6.26. The molecule has 0 saturated heterocycles. The molecule has 0 fully saturated rings. The van der Waals surface area contributed by atoms with Crippen LogP contribution in [0.1, 0.15) is 18.1 Å². The van der Waals surface area contributed by atoms with Crippen molar-refractivity contribution in [2.75, 3.05) is 0 Å². The SMILES string of the molecule is C/C=C\c1ccc2c(ccc3cc(-c4nc(-c5ccccc5)nc(-c5ccccc5)n4)sc32)c1C. The average Bonchev–Trinajstić information content (AvgIpc) is 3.36. The molecule has 0 unspecified atom stereocenters. The largest absolute Gasteiger partial charge is 0.208 e. The molecular weight excluding hydrogens is 446 g/mol. The topological polar surface area (TPSA) is 38.7 Å². The lowest BCUT2D eigenvalue weighted by Crippen LogP contribution is -1.99. The lowest BCUT2D eigenvalue weighted by atomic mass is 9.99. The van der Waals surface area contributed by atoms with Gasteiger partial charge >= 0.3 is 0 Å². The minimum absolute atomic E-state index is 0.684. The molecule has 0 aliphatic rings. The first-order chi connectivity index (χ1) is 17.2. The summed E-state index contributed by atoms with van der Waals surface area (Å²) in [6, 6.07) is 31.3. The van der Waals surface area contributed by atoms with Gasteiger partial charge in [-0.3, -0.25) is 0 Å². The van der Waals surface area contributed by atoms with Crippen molar-refractivity contribution in [1.82, 2.24) is 15.0 Å². The highest BCUT2D eigenvalue weighted by Crippen LogP contribution is 2.39. The molecule has 0 N–H and O–H groups in total. The van der Waals surface area contributed by atoms with Gasteiger partial charge in [0.25, 0.3) is 0 Å². The summed E-state index contributed by atoms with van der Waals surface area (Å²) in [5, 5.41) is 3.76. The van der Waals surface area contributed by atoms with Crippen LogP contribution in [0.3, 0.4) is 0 Å². The van der Waals surface area contributed by atoms with E-state index in [0.29, 0.717) is 17.5 Å². The van der Waals surface area contributed by atoms with E-state index < -0.39 is 0 Å². The molecule has 0 atom stereocenters. The lowest BCUT2D eigenvalue weighted by Gasteiger charge is -2.07. The number of hydrogen-bond donors (Lipinski definition) is 0. The normalized spacial score (nSPS) is 11.6. The summed E-state index contributed by atoms with van der Waals surface area (Å²) in [6.07, 6.45) is 4.26. The van der Waals surface area contributed by atoms with E-state index in [1.54, 1.807) is 11.3 Å². The van der Waals surface area contributed by atoms with Gasteiger partial charge in [-0.05, 0) is 47.2 Å². The van der Waals surface area contributed by atoms with E-state index in [4.69, 9.17) is 15.0 Å². The molecular formula is C31H23N3S. The lowest BCUT2D eigenvalue weighted by molar-refractivity contribution is 1.08. The Balaban J connectivity index is 1.56. The van der Waals surface area contributed by atoms with E-state index in [9.17, 15) is 0 Å². The predicted molar refractivity (Wildman–Crippen MR) is 148 cm³/mol. The Morgan fingerprint density at radius 2 is 1.26 bits per heavy atom. The maximum atomic E-state index is 4.91. The molecule has 0 bridgehead atoms. The Morgan fingerprint density at radius 3 is 1.89 bits per heavy atom. The molecule has 35 heavy (non-hydrogen) atoms. The van der Waals surface area contributed by atoms with Gasteiger partial charge in [-0.1, -0.05) is 97.1 Å². The van der Waals surface area contributed by atoms with Crippen molar-refractivity contribution in [1.29, 1.82) is 0 Å². The number of nitrogens with zero attached hydrogens (tertiary/aromatic N) is 3. The van der Waals surface area contributed by atoms with Crippen LogP contribution in [-0.4, -0.2) is 15.0 Å². The molecule has 3 nitrogen and oxygen atoms in total. The highest BCUT2D eigenvalue weighted by molar-refractivity contribution is 7.23. The molecule has 0 aliphatic carbocycles. The third kappa shape index (κ3) is 3.92. The third-order valence-corrected chi connectivity index (χ3v) is 7.44. The minimum Gasteiger partial charge on any atom is -0.208 e. The second-order valence-electron chi connectivity index (χ2n) is 8.51. The van der Waals surface area contributed by atoms with Gasteiger partial charge in [0.2, 0.25) is 0 Å². The predicted octanol–water partition coefficient (Wildman–Crippen LogP) is 8.58. The number of benzene rings is 4. The molecule has 6 rings (SSSR count). The van der Waals surface area contributed by atoms with Gasteiger partial charge in [-0.2, -0.15) is 0 Å². The molecule has 6 aromatic rings. The van der Waals surface area contributed by atoms with Gasteiger partial charge in [-0.15, -0.1) is 11.3 Å². The van der Waals surface area contributed by atoms with Gasteiger partial charge < -0.3 is 0 Å². The Hall–Kier alpha value is -4.15. The molecule has 2 heterocycles. The fourth-order valence-corrected chi connectivity index (χ4v) is 5.58. The summed E-state index contributed by atoms with van der Waals surface area (Å²) in [4.78, 5) is 15.7. The standard InChI is InChI=1S/C31H23N3S/c1-3-10-21-15-18-26-25(20(21)2)17-16-24-19-27(35-28(24)26)31-33-29(22-11-6-4-7-12-22)32-30(34-31)23-13-8-5-9-14-23/h3-19H,1-2H3/b10-3-. The summed E-state index contributed by atoms with van der Waals surface area (Å²) < 4.78 is 1.26. The Bertz CT molecular complexity index is 1640. The van der Waals surface area contributed by atoms with Crippen molar-refractivity contribution in [2.45, 2.75) is 13.8 Å². The monoisotopic (exact) mass is 469 g/mol.